The SMILES string of the molecule is CCCCOc1ccc(NC(=O)[C@@](C)(CC(C)C)OCCC)cc1C. The number of hydrogen-bond acceptors (Lipinski definition) is 3. The zero-order valence-electron chi connectivity index (χ0n) is 16.8. The maximum Gasteiger partial charge on any atom is 0.256 e. The molecule has 0 bridgehead atoms. The van der Waals surface area contributed by atoms with Gasteiger partial charge in [-0.25, -0.2) is 0 Å². The van der Waals surface area contributed by atoms with Crippen molar-refractivity contribution in [2.45, 2.75) is 72.8 Å². The van der Waals surface area contributed by atoms with E-state index in [4.69, 9.17) is 9.47 Å². The molecule has 1 N–H and O–H groups in total. The Balaban J connectivity index is 2.80. The van der Waals surface area contributed by atoms with Crippen molar-refractivity contribution in [3.63, 3.8) is 0 Å². The van der Waals surface area contributed by atoms with Crippen molar-refractivity contribution in [3.05, 3.63) is 23.8 Å². The quantitative estimate of drug-likeness (QED) is 0.548. The van der Waals surface area contributed by atoms with Crippen LogP contribution >= 0.6 is 0 Å². The Bertz CT molecular complexity index is 542. The molecule has 0 aliphatic heterocycles. The molecule has 0 fully saturated rings. The van der Waals surface area contributed by atoms with Crippen molar-refractivity contribution in [1.29, 1.82) is 0 Å². The molecule has 25 heavy (non-hydrogen) atoms. The second-order valence-electron chi connectivity index (χ2n) is 7.31. The lowest BCUT2D eigenvalue weighted by Gasteiger charge is -2.30. The molecule has 1 aromatic rings. The van der Waals surface area contributed by atoms with Gasteiger partial charge >= 0.3 is 0 Å². The molecule has 0 saturated carbocycles. The van der Waals surface area contributed by atoms with Gasteiger partial charge in [0, 0.05) is 12.3 Å². The predicted molar refractivity (Wildman–Crippen MR) is 104 cm³/mol. The van der Waals surface area contributed by atoms with Gasteiger partial charge in [-0.1, -0.05) is 34.1 Å². The average molecular weight is 350 g/mol. The average Bonchev–Trinajstić information content (AvgIpc) is 2.54. The Kier molecular flexibility index (Phi) is 8.98. The lowest BCUT2D eigenvalue weighted by Crippen LogP contribution is -2.44. The van der Waals surface area contributed by atoms with E-state index < -0.39 is 5.60 Å². The Morgan fingerprint density at radius 1 is 1.20 bits per heavy atom. The van der Waals surface area contributed by atoms with E-state index in [0.717, 1.165) is 42.9 Å². The number of rotatable bonds is 11. The maximum absolute atomic E-state index is 12.8. The first-order valence-corrected chi connectivity index (χ1v) is 9.51. The van der Waals surface area contributed by atoms with E-state index in [9.17, 15) is 4.79 Å². The van der Waals surface area contributed by atoms with E-state index in [1.54, 1.807) is 0 Å². The first-order chi connectivity index (χ1) is 11.8. The number of carbonyl (C=O) groups is 1. The highest BCUT2D eigenvalue weighted by Gasteiger charge is 2.35. The number of unbranched alkanes of at least 4 members (excludes halogenated alkanes) is 1. The number of nitrogens with one attached hydrogen (secondary N) is 1. The summed E-state index contributed by atoms with van der Waals surface area (Å²) in [5.74, 6) is 1.16. The van der Waals surface area contributed by atoms with Crippen molar-refractivity contribution in [3.8, 4) is 5.75 Å². The fourth-order valence-electron chi connectivity index (χ4n) is 2.80. The van der Waals surface area contributed by atoms with E-state index >= 15 is 0 Å². The molecule has 1 rings (SSSR count). The summed E-state index contributed by atoms with van der Waals surface area (Å²) in [6.07, 6.45) is 3.74. The molecular formula is C21H35NO3. The minimum Gasteiger partial charge on any atom is -0.493 e. The molecule has 0 radical (unpaired) electrons. The molecular weight excluding hydrogens is 314 g/mol. The molecule has 0 aliphatic rings. The van der Waals surface area contributed by atoms with Gasteiger partial charge in [0.05, 0.1) is 6.61 Å². The van der Waals surface area contributed by atoms with Gasteiger partial charge in [-0.15, -0.1) is 0 Å². The van der Waals surface area contributed by atoms with Gasteiger partial charge in [0.15, 0.2) is 0 Å². The molecule has 142 valence electrons. The van der Waals surface area contributed by atoms with E-state index in [0.29, 0.717) is 18.9 Å². The highest BCUT2D eigenvalue weighted by molar-refractivity contribution is 5.97. The Morgan fingerprint density at radius 2 is 1.92 bits per heavy atom. The number of carbonyl (C=O) groups excluding carboxylic acids is 1. The highest BCUT2D eigenvalue weighted by atomic mass is 16.5. The molecule has 0 unspecified atom stereocenters. The minimum atomic E-state index is -0.811. The molecule has 1 amide bonds. The van der Waals surface area contributed by atoms with Crippen LogP contribution in [0.5, 0.6) is 5.75 Å². The van der Waals surface area contributed by atoms with Crippen molar-refractivity contribution in [2.24, 2.45) is 5.92 Å². The zero-order chi connectivity index (χ0) is 18.9. The highest BCUT2D eigenvalue weighted by Crippen LogP contribution is 2.26. The van der Waals surface area contributed by atoms with Crippen LogP contribution in [0, 0.1) is 12.8 Å². The standard InChI is InChI=1S/C21H35NO3/c1-7-9-13-24-19-11-10-18(14-17(19)5)22-20(23)21(6,15-16(3)4)25-12-8-2/h10-11,14,16H,7-9,12-13,15H2,1-6H3,(H,22,23)/t21-/m1/s1. The van der Waals surface area contributed by atoms with Crippen molar-refractivity contribution >= 4 is 11.6 Å². The number of anilines is 1. The molecule has 0 aliphatic carbocycles. The number of amides is 1. The third-order valence-electron chi connectivity index (χ3n) is 4.09. The summed E-state index contributed by atoms with van der Waals surface area (Å²) in [6.45, 7) is 13.6. The fraction of sp³-hybridized carbons (Fsp3) is 0.667. The molecule has 0 heterocycles. The first-order valence-electron chi connectivity index (χ1n) is 9.51. The Morgan fingerprint density at radius 3 is 2.48 bits per heavy atom. The fourth-order valence-corrected chi connectivity index (χ4v) is 2.80. The maximum atomic E-state index is 12.8. The summed E-state index contributed by atoms with van der Waals surface area (Å²) >= 11 is 0. The van der Waals surface area contributed by atoms with Gasteiger partial charge in [-0.2, -0.15) is 0 Å². The van der Waals surface area contributed by atoms with Crippen LogP contribution in [0.4, 0.5) is 5.69 Å². The third kappa shape index (κ3) is 7.07. The van der Waals surface area contributed by atoms with E-state index in [-0.39, 0.29) is 5.91 Å². The zero-order valence-corrected chi connectivity index (χ0v) is 16.8. The van der Waals surface area contributed by atoms with Gasteiger partial charge in [0.2, 0.25) is 0 Å². The van der Waals surface area contributed by atoms with E-state index in [1.165, 1.54) is 0 Å². The van der Waals surface area contributed by atoms with Crippen LogP contribution in [0.1, 0.15) is 65.9 Å². The van der Waals surface area contributed by atoms with Gasteiger partial charge in [-0.3, -0.25) is 4.79 Å². The van der Waals surface area contributed by atoms with Crippen LogP contribution < -0.4 is 10.1 Å². The van der Waals surface area contributed by atoms with Crippen LogP contribution in [0.15, 0.2) is 18.2 Å². The summed E-state index contributed by atoms with van der Waals surface area (Å²) in [7, 11) is 0. The van der Waals surface area contributed by atoms with Gasteiger partial charge in [0.1, 0.15) is 11.4 Å². The van der Waals surface area contributed by atoms with Gasteiger partial charge in [0.25, 0.3) is 5.91 Å². The number of ether oxygens (including phenoxy) is 2. The van der Waals surface area contributed by atoms with Gasteiger partial charge in [-0.05, 0) is 62.8 Å². The lowest BCUT2D eigenvalue weighted by atomic mass is 9.93. The summed E-state index contributed by atoms with van der Waals surface area (Å²) in [4.78, 5) is 12.8. The third-order valence-corrected chi connectivity index (χ3v) is 4.09. The molecule has 0 aromatic heterocycles. The van der Waals surface area contributed by atoms with Crippen molar-refractivity contribution in [2.75, 3.05) is 18.5 Å². The molecule has 1 atom stereocenters. The topological polar surface area (TPSA) is 47.6 Å². The largest absolute Gasteiger partial charge is 0.493 e. The summed E-state index contributed by atoms with van der Waals surface area (Å²) < 4.78 is 11.7. The monoisotopic (exact) mass is 349 g/mol. The van der Waals surface area contributed by atoms with Crippen LogP contribution in [0.3, 0.4) is 0 Å². The second-order valence-corrected chi connectivity index (χ2v) is 7.31. The first kappa shape index (κ1) is 21.5. The van der Waals surface area contributed by atoms with E-state index in [2.05, 4.69) is 26.1 Å². The second kappa shape index (κ2) is 10.4. The Hall–Kier alpha value is -1.55. The van der Waals surface area contributed by atoms with Crippen LogP contribution in [-0.2, 0) is 9.53 Å². The normalized spacial score (nSPS) is 13.6. The van der Waals surface area contributed by atoms with Gasteiger partial charge < -0.3 is 14.8 Å². The minimum absolute atomic E-state index is 0.0892. The number of aryl methyl sites for hydroxylation is 1. The molecule has 4 heteroatoms. The lowest BCUT2D eigenvalue weighted by molar-refractivity contribution is -0.141. The predicted octanol–water partition coefficient (Wildman–Crippen LogP) is 5.34. The van der Waals surface area contributed by atoms with Crippen LogP contribution in [0.25, 0.3) is 0 Å². The smallest absolute Gasteiger partial charge is 0.256 e. The summed E-state index contributed by atoms with van der Waals surface area (Å²) in [5.41, 5.74) is 0.989. The van der Waals surface area contributed by atoms with Crippen LogP contribution in [0.2, 0.25) is 0 Å². The van der Waals surface area contributed by atoms with Crippen molar-refractivity contribution in [1.82, 2.24) is 0 Å². The Labute approximate surface area is 153 Å². The van der Waals surface area contributed by atoms with E-state index in [1.807, 2.05) is 39.0 Å². The van der Waals surface area contributed by atoms with Crippen LogP contribution in [-0.4, -0.2) is 24.7 Å². The molecule has 1 aromatic carbocycles. The molecule has 4 nitrogen and oxygen atoms in total. The number of hydrogen-bond donors (Lipinski definition) is 1. The van der Waals surface area contributed by atoms with Crippen molar-refractivity contribution < 1.29 is 14.3 Å². The number of benzene rings is 1. The molecule has 0 saturated heterocycles. The summed E-state index contributed by atoms with van der Waals surface area (Å²) in [6, 6.07) is 5.77. The summed E-state index contributed by atoms with van der Waals surface area (Å²) in [5, 5.41) is 3.01. The molecule has 0 spiro atoms.